The predicted molar refractivity (Wildman–Crippen MR) is 79.0 cm³/mol. The van der Waals surface area contributed by atoms with Crippen molar-refractivity contribution in [1.82, 2.24) is 5.32 Å². The van der Waals surface area contributed by atoms with E-state index in [0.717, 1.165) is 0 Å². The van der Waals surface area contributed by atoms with Crippen LogP contribution < -0.4 is 5.32 Å². The summed E-state index contributed by atoms with van der Waals surface area (Å²) in [5.41, 5.74) is 0. The molecule has 0 spiro atoms. The van der Waals surface area contributed by atoms with Gasteiger partial charge in [-0.3, -0.25) is 0 Å². The molecule has 2 heteroatoms. The van der Waals surface area contributed by atoms with Crippen molar-refractivity contribution in [2.75, 3.05) is 0 Å². The van der Waals surface area contributed by atoms with Crippen LogP contribution in [0.1, 0.15) is 56.2 Å². The molecule has 1 rings (SSSR count). The number of hydrogen-bond acceptors (Lipinski definition) is 2. The number of rotatable bonds is 8. The van der Waals surface area contributed by atoms with Crippen molar-refractivity contribution in [3.05, 3.63) is 21.9 Å². The molecule has 98 valence electrons. The van der Waals surface area contributed by atoms with Gasteiger partial charge in [-0.1, -0.05) is 26.7 Å². The SMILES string of the molecule is CCCCC(CC)NC(C)Cc1ccc(C)s1. The zero-order valence-electron chi connectivity index (χ0n) is 11.8. The minimum absolute atomic E-state index is 0.592. The van der Waals surface area contributed by atoms with Crippen LogP contribution in [-0.2, 0) is 6.42 Å². The second kappa shape index (κ2) is 7.88. The van der Waals surface area contributed by atoms with Crippen molar-refractivity contribution < 1.29 is 0 Å². The average Bonchev–Trinajstić information content (AvgIpc) is 2.69. The van der Waals surface area contributed by atoms with Crippen LogP contribution in [0, 0.1) is 6.92 Å². The van der Waals surface area contributed by atoms with E-state index < -0.39 is 0 Å². The maximum atomic E-state index is 3.77. The van der Waals surface area contributed by atoms with E-state index in [-0.39, 0.29) is 0 Å². The van der Waals surface area contributed by atoms with Crippen molar-refractivity contribution in [3.8, 4) is 0 Å². The summed E-state index contributed by atoms with van der Waals surface area (Å²) in [5.74, 6) is 0. The van der Waals surface area contributed by atoms with E-state index in [1.165, 1.54) is 41.9 Å². The maximum absolute atomic E-state index is 3.77. The normalized spacial score (nSPS) is 14.8. The molecule has 1 heterocycles. The van der Waals surface area contributed by atoms with Crippen LogP contribution in [0.5, 0.6) is 0 Å². The topological polar surface area (TPSA) is 12.0 Å². The summed E-state index contributed by atoms with van der Waals surface area (Å²) in [6.07, 6.45) is 6.38. The van der Waals surface area contributed by atoms with Gasteiger partial charge in [-0.25, -0.2) is 0 Å². The van der Waals surface area contributed by atoms with Gasteiger partial charge in [0, 0.05) is 21.8 Å². The fraction of sp³-hybridized carbons (Fsp3) is 0.733. The summed E-state index contributed by atoms with van der Waals surface area (Å²) in [5, 5.41) is 3.77. The third-order valence-electron chi connectivity index (χ3n) is 3.22. The number of aryl methyl sites for hydroxylation is 1. The largest absolute Gasteiger partial charge is 0.311 e. The first-order chi connectivity index (χ1) is 8.15. The molecular weight excluding hydrogens is 226 g/mol. The highest BCUT2D eigenvalue weighted by Gasteiger charge is 2.11. The Kier molecular flexibility index (Phi) is 6.83. The van der Waals surface area contributed by atoms with Crippen molar-refractivity contribution in [1.29, 1.82) is 0 Å². The van der Waals surface area contributed by atoms with E-state index >= 15 is 0 Å². The quantitative estimate of drug-likeness (QED) is 0.717. The Morgan fingerprint density at radius 3 is 2.59 bits per heavy atom. The van der Waals surface area contributed by atoms with Gasteiger partial charge in [0.2, 0.25) is 0 Å². The summed E-state index contributed by atoms with van der Waals surface area (Å²) < 4.78 is 0. The van der Waals surface area contributed by atoms with Crippen molar-refractivity contribution >= 4 is 11.3 Å². The fourth-order valence-corrected chi connectivity index (χ4v) is 3.23. The van der Waals surface area contributed by atoms with E-state index in [2.05, 4.69) is 45.1 Å². The first-order valence-corrected chi connectivity index (χ1v) is 7.78. The van der Waals surface area contributed by atoms with Gasteiger partial charge in [-0.05, 0) is 45.2 Å². The third kappa shape index (κ3) is 5.69. The van der Waals surface area contributed by atoms with Gasteiger partial charge in [-0.15, -0.1) is 11.3 Å². The van der Waals surface area contributed by atoms with Crippen LogP contribution in [0.25, 0.3) is 0 Å². The highest BCUT2D eigenvalue weighted by atomic mass is 32.1. The van der Waals surface area contributed by atoms with Gasteiger partial charge < -0.3 is 5.32 Å². The molecule has 1 aromatic heterocycles. The van der Waals surface area contributed by atoms with Gasteiger partial charge >= 0.3 is 0 Å². The molecule has 0 aliphatic carbocycles. The standard InChI is InChI=1S/C15H27NS/c1-5-7-8-14(6-2)16-12(3)11-15-10-9-13(4)17-15/h9-10,12,14,16H,5-8,11H2,1-4H3. The van der Waals surface area contributed by atoms with Crippen LogP contribution in [0.2, 0.25) is 0 Å². The molecule has 0 radical (unpaired) electrons. The molecule has 0 bridgehead atoms. The molecular formula is C15H27NS. The Hall–Kier alpha value is -0.340. The summed E-state index contributed by atoms with van der Waals surface area (Å²) in [7, 11) is 0. The van der Waals surface area contributed by atoms with Gasteiger partial charge in [0.1, 0.15) is 0 Å². The smallest absolute Gasteiger partial charge is 0.00896 e. The van der Waals surface area contributed by atoms with Crippen molar-refractivity contribution in [2.45, 2.75) is 71.9 Å². The molecule has 0 aromatic carbocycles. The van der Waals surface area contributed by atoms with Crippen LogP contribution in [0.3, 0.4) is 0 Å². The lowest BCUT2D eigenvalue weighted by molar-refractivity contribution is 0.403. The summed E-state index contributed by atoms with van der Waals surface area (Å²) in [6, 6.07) is 5.78. The molecule has 0 amide bonds. The lowest BCUT2D eigenvalue weighted by Crippen LogP contribution is -2.37. The van der Waals surface area contributed by atoms with E-state index in [0.29, 0.717) is 12.1 Å². The van der Waals surface area contributed by atoms with E-state index in [9.17, 15) is 0 Å². The number of thiophene rings is 1. The number of unbranched alkanes of at least 4 members (excludes halogenated alkanes) is 1. The summed E-state index contributed by atoms with van der Waals surface area (Å²) >= 11 is 1.93. The van der Waals surface area contributed by atoms with Crippen LogP contribution in [0.15, 0.2) is 12.1 Å². The molecule has 0 aliphatic rings. The second-order valence-electron chi connectivity index (χ2n) is 5.03. The molecule has 2 atom stereocenters. The van der Waals surface area contributed by atoms with Gasteiger partial charge in [0.25, 0.3) is 0 Å². The predicted octanol–water partition coefficient (Wildman–Crippen LogP) is 4.55. The van der Waals surface area contributed by atoms with Crippen molar-refractivity contribution in [2.24, 2.45) is 0 Å². The molecule has 1 aromatic rings. The van der Waals surface area contributed by atoms with Crippen molar-refractivity contribution in [3.63, 3.8) is 0 Å². The lowest BCUT2D eigenvalue weighted by atomic mass is 10.1. The van der Waals surface area contributed by atoms with E-state index in [4.69, 9.17) is 0 Å². The fourth-order valence-electron chi connectivity index (χ4n) is 2.21. The highest BCUT2D eigenvalue weighted by molar-refractivity contribution is 7.11. The number of hydrogen-bond donors (Lipinski definition) is 1. The Morgan fingerprint density at radius 1 is 1.29 bits per heavy atom. The van der Waals surface area contributed by atoms with Gasteiger partial charge in [0.05, 0.1) is 0 Å². The summed E-state index contributed by atoms with van der Waals surface area (Å²) in [4.78, 5) is 2.93. The first-order valence-electron chi connectivity index (χ1n) is 6.97. The minimum Gasteiger partial charge on any atom is -0.311 e. The molecule has 0 aliphatic heterocycles. The zero-order valence-corrected chi connectivity index (χ0v) is 12.6. The Bertz CT molecular complexity index is 306. The Morgan fingerprint density at radius 2 is 2.06 bits per heavy atom. The molecule has 1 nitrogen and oxygen atoms in total. The Balaban J connectivity index is 2.34. The van der Waals surface area contributed by atoms with E-state index in [1.807, 2.05) is 11.3 Å². The third-order valence-corrected chi connectivity index (χ3v) is 4.25. The van der Waals surface area contributed by atoms with Crippen LogP contribution >= 0.6 is 11.3 Å². The molecule has 0 fully saturated rings. The Labute approximate surface area is 111 Å². The lowest BCUT2D eigenvalue weighted by Gasteiger charge is -2.21. The average molecular weight is 253 g/mol. The van der Waals surface area contributed by atoms with E-state index in [1.54, 1.807) is 0 Å². The van der Waals surface area contributed by atoms with Gasteiger partial charge in [-0.2, -0.15) is 0 Å². The molecule has 1 N–H and O–H groups in total. The highest BCUT2D eigenvalue weighted by Crippen LogP contribution is 2.17. The maximum Gasteiger partial charge on any atom is 0.00896 e. The van der Waals surface area contributed by atoms with Gasteiger partial charge in [0.15, 0.2) is 0 Å². The summed E-state index contributed by atoms with van der Waals surface area (Å²) in [6.45, 7) is 9.05. The molecule has 0 saturated heterocycles. The molecule has 17 heavy (non-hydrogen) atoms. The zero-order chi connectivity index (χ0) is 12.7. The minimum atomic E-state index is 0.592. The van der Waals surface area contributed by atoms with Crippen LogP contribution in [0.4, 0.5) is 0 Å². The second-order valence-corrected chi connectivity index (χ2v) is 6.40. The molecule has 2 unspecified atom stereocenters. The number of nitrogens with one attached hydrogen (secondary N) is 1. The van der Waals surface area contributed by atoms with Crippen LogP contribution in [-0.4, -0.2) is 12.1 Å². The monoisotopic (exact) mass is 253 g/mol. The molecule has 0 saturated carbocycles. The first kappa shape index (κ1) is 14.7.